The number of halogens is 1. The molecule has 2 heteroatoms. The maximum atomic E-state index is 6.27. The van der Waals surface area contributed by atoms with Gasteiger partial charge < -0.3 is 4.42 Å². The van der Waals surface area contributed by atoms with Crippen molar-refractivity contribution in [3.8, 4) is 11.1 Å². The number of hydrogen-bond donors (Lipinski definition) is 0. The Labute approximate surface area is 147 Å². The van der Waals surface area contributed by atoms with E-state index in [0.29, 0.717) is 0 Å². The van der Waals surface area contributed by atoms with E-state index in [4.69, 9.17) is 4.42 Å². The van der Waals surface area contributed by atoms with Crippen molar-refractivity contribution in [1.82, 2.24) is 0 Å². The Morgan fingerprint density at radius 2 is 1.54 bits per heavy atom. The van der Waals surface area contributed by atoms with Crippen molar-refractivity contribution in [2.24, 2.45) is 0 Å². The lowest BCUT2D eigenvalue weighted by molar-refractivity contribution is 0.670. The van der Waals surface area contributed by atoms with Crippen LogP contribution in [0.5, 0.6) is 0 Å². The fourth-order valence-electron chi connectivity index (χ4n) is 3.45. The molecule has 0 bridgehead atoms. The molecule has 5 rings (SSSR count). The SMILES string of the molecule is Brc1cccc(-c2cccc3c2oc2ccc4ccccc4c23)c1. The van der Waals surface area contributed by atoms with E-state index in [1.54, 1.807) is 0 Å². The van der Waals surface area contributed by atoms with Crippen molar-refractivity contribution in [3.63, 3.8) is 0 Å². The highest BCUT2D eigenvalue weighted by atomic mass is 79.9. The molecule has 1 nitrogen and oxygen atoms in total. The van der Waals surface area contributed by atoms with Crippen molar-refractivity contribution in [1.29, 1.82) is 0 Å². The second kappa shape index (κ2) is 5.22. The van der Waals surface area contributed by atoms with Gasteiger partial charge >= 0.3 is 0 Å². The van der Waals surface area contributed by atoms with Crippen molar-refractivity contribution >= 4 is 48.6 Å². The first-order valence-electron chi connectivity index (χ1n) is 7.90. The molecule has 0 amide bonds. The Morgan fingerprint density at radius 3 is 2.46 bits per heavy atom. The highest BCUT2D eigenvalue weighted by Crippen LogP contribution is 2.39. The molecule has 0 atom stereocenters. The Kier molecular flexibility index (Phi) is 3.00. The van der Waals surface area contributed by atoms with Crippen LogP contribution in [0.2, 0.25) is 0 Å². The number of fused-ring (bicyclic) bond motifs is 5. The van der Waals surface area contributed by atoms with E-state index >= 15 is 0 Å². The topological polar surface area (TPSA) is 13.1 Å². The molecule has 0 saturated heterocycles. The third-order valence-corrected chi connectivity index (χ3v) is 5.02. The number of furan rings is 1. The fourth-order valence-corrected chi connectivity index (χ4v) is 3.85. The Morgan fingerprint density at radius 1 is 0.708 bits per heavy atom. The number of para-hydroxylation sites is 1. The molecule has 0 unspecified atom stereocenters. The third kappa shape index (κ3) is 2.00. The summed E-state index contributed by atoms with van der Waals surface area (Å²) in [7, 11) is 0. The van der Waals surface area contributed by atoms with Crippen LogP contribution in [0.15, 0.2) is 87.8 Å². The highest BCUT2D eigenvalue weighted by molar-refractivity contribution is 9.10. The van der Waals surface area contributed by atoms with E-state index in [2.05, 4.69) is 88.7 Å². The predicted octanol–water partition coefficient (Wildman–Crippen LogP) is 7.17. The molecular weight excluding hydrogens is 360 g/mol. The lowest BCUT2D eigenvalue weighted by atomic mass is 10.00. The summed E-state index contributed by atoms with van der Waals surface area (Å²) in [6.45, 7) is 0. The molecule has 0 fully saturated rings. The van der Waals surface area contributed by atoms with Crippen LogP contribution in [0.1, 0.15) is 0 Å². The molecular formula is C22H13BrO. The van der Waals surface area contributed by atoms with Gasteiger partial charge in [-0.1, -0.05) is 76.6 Å². The number of hydrogen-bond acceptors (Lipinski definition) is 1. The van der Waals surface area contributed by atoms with Crippen LogP contribution in [0.25, 0.3) is 43.8 Å². The van der Waals surface area contributed by atoms with Crippen molar-refractivity contribution in [2.75, 3.05) is 0 Å². The van der Waals surface area contributed by atoms with Gasteiger partial charge in [0.15, 0.2) is 0 Å². The third-order valence-electron chi connectivity index (χ3n) is 4.52. The average molecular weight is 373 g/mol. The molecule has 4 aromatic carbocycles. The predicted molar refractivity (Wildman–Crippen MR) is 104 cm³/mol. The minimum Gasteiger partial charge on any atom is -0.455 e. The molecule has 0 radical (unpaired) electrons. The molecule has 1 heterocycles. The van der Waals surface area contributed by atoms with Crippen LogP contribution in [0, 0.1) is 0 Å². The average Bonchev–Trinajstić information content (AvgIpc) is 3.01. The quantitative estimate of drug-likeness (QED) is 0.304. The van der Waals surface area contributed by atoms with Crippen molar-refractivity contribution < 1.29 is 4.42 Å². The van der Waals surface area contributed by atoms with Crippen LogP contribution in [-0.2, 0) is 0 Å². The summed E-state index contributed by atoms with van der Waals surface area (Å²) in [5, 5.41) is 4.83. The van der Waals surface area contributed by atoms with E-state index in [1.807, 2.05) is 6.07 Å². The molecule has 24 heavy (non-hydrogen) atoms. The van der Waals surface area contributed by atoms with E-state index in [1.165, 1.54) is 21.5 Å². The van der Waals surface area contributed by atoms with Gasteiger partial charge in [-0.15, -0.1) is 0 Å². The van der Waals surface area contributed by atoms with Gasteiger partial charge in [0.05, 0.1) is 0 Å². The number of rotatable bonds is 1. The van der Waals surface area contributed by atoms with Gasteiger partial charge in [-0.25, -0.2) is 0 Å². The van der Waals surface area contributed by atoms with Gasteiger partial charge in [0.1, 0.15) is 11.2 Å². The molecule has 0 saturated carbocycles. The van der Waals surface area contributed by atoms with E-state index in [0.717, 1.165) is 26.8 Å². The minimum atomic E-state index is 0.936. The van der Waals surface area contributed by atoms with Gasteiger partial charge in [0.25, 0.3) is 0 Å². The van der Waals surface area contributed by atoms with Crippen LogP contribution >= 0.6 is 15.9 Å². The lowest BCUT2D eigenvalue weighted by Gasteiger charge is -2.03. The minimum absolute atomic E-state index is 0.936. The molecule has 0 aliphatic rings. The summed E-state index contributed by atoms with van der Waals surface area (Å²) in [5.74, 6) is 0. The largest absolute Gasteiger partial charge is 0.455 e. The van der Waals surface area contributed by atoms with E-state index < -0.39 is 0 Å². The first kappa shape index (κ1) is 13.8. The van der Waals surface area contributed by atoms with Crippen LogP contribution in [0.4, 0.5) is 0 Å². The molecule has 114 valence electrons. The monoisotopic (exact) mass is 372 g/mol. The molecule has 0 aliphatic heterocycles. The van der Waals surface area contributed by atoms with Gasteiger partial charge in [0.2, 0.25) is 0 Å². The second-order valence-corrected chi connectivity index (χ2v) is 6.87. The smallest absolute Gasteiger partial charge is 0.143 e. The first-order chi connectivity index (χ1) is 11.8. The van der Waals surface area contributed by atoms with E-state index in [-0.39, 0.29) is 0 Å². The summed E-state index contributed by atoms with van der Waals surface area (Å²) < 4.78 is 7.34. The van der Waals surface area contributed by atoms with Crippen LogP contribution in [-0.4, -0.2) is 0 Å². The Balaban J connectivity index is 1.93. The summed E-state index contributed by atoms with van der Waals surface area (Å²) in [5.41, 5.74) is 4.15. The van der Waals surface area contributed by atoms with Gasteiger partial charge in [-0.05, 0) is 34.5 Å². The summed E-state index contributed by atoms with van der Waals surface area (Å²) in [6, 6.07) is 27.4. The second-order valence-electron chi connectivity index (χ2n) is 5.95. The standard InChI is InChI=1S/C22H13BrO/c23-16-7-3-6-15(13-16)18-9-4-10-19-21-17-8-2-1-5-14(17)11-12-20(21)24-22(18)19/h1-13H. The molecule has 0 spiro atoms. The summed E-state index contributed by atoms with van der Waals surface area (Å²) >= 11 is 3.56. The maximum Gasteiger partial charge on any atom is 0.143 e. The van der Waals surface area contributed by atoms with Gasteiger partial charge in [0, 0.05) is 20.8 Å². The molecule has 0 N–H and O–H groups in total. The number of benzene rings is 4. The molecule has 5 aromatic rings. The lowest BCUT2D eigenvalue weighted by Crippen LogP contribution is -1.79. The summed E-state index contributed by atoms with van der Waals surface area (Å²) in [4.78, 5) is 0. The zero-order chi connectivity index (χ0) is 16.1. The van der Waals surface area contributed by atoms with E-state index in [9.17, 15) is 0 Å². The van der Waals surface area contributed by atoms with Gasteiger partial charge in [-0.3, -0.25) is 0 Å². The Hall–Kier alpha value is -2.58. The Bertz CT molecular complexity index is 1220. The fraction of sp³-hybridized carbons (Fsp3) is 0. The van der Waals surface area contributed by atoms with Crippen molar-refractivity contribution in [3.05, 3.63) is 83.3 Å². The van der Waals surface area contributed by atoms with Gasteiger partial charge in [-0.2, -0.15) is 0 Å². The summed E-state index contributed by atoms with van der Waals surface area (Å²) in [6.07, 6.45) is 0. The maximum absolute atomic E-state index is 6.27. The van der Waals surface area contributed by atoms with Crippen LogP contribution < -0.4 is 0 Å². The zero-order valence-corrected chi connectivity index (χ0v) is 14.4. The normalized spacial score (nSPS) is 11.5. The van der Waals surface area contributed by atoms with Crippen molar-refractivity contribution in [2.45, 2.75) is 0 Å². The first-order valence-corrected chi connectivity index (χ1v) is 8.69. The molecule has 1 aromatic heterocycles. The van der Waals surface area contributed by atoms with Crippen LogP contribution in [0.3, 0.4) is 0 Å². The molecule has 0 aliphatic carbocycles. The highest BCUT2D eigenvalue weighted by Gasteiger charge is 2.14. The zero-order valence-electron chi connectivity index (χ0n) is 12.8.